The molecule has 1 rings (SSSR count). The molecular weight excluding hydrogens is 152 g/mol. The van der Waals surface area contributed by atoms with Crippen LogP contribution in [0.2, 0.25) is 0 Å². The van der Waals surface area contributed by atoms with Gasteiger partial charge in [-0.15, -0.1) is 0 Å². The van der Waals surface area contributed by atoms with Crippen molar-refractivity contribution in [2.24, 2.45) is 0 Å². The summed E-state index contributed by atoms with van der Waals surface area (Å²) in [5.74, 6) is 0. The number of unbranched alkanes of at least 4 members (excludes halogenated alkanes) is 2. The van der Waals surface area contributed by atoms with Crippen LogP contribution in [0, 0.1) is 0 Å². The third-order valence-electron chi connectivity index (χ3n) is 2.92. The number of aliphatic hydroxyl groups is 1. The van der Waals surface area contributed by atoms with E-state index in [-0.39, 0.29) is 17.8 Å². The van der Waals surface area contributed by atoms with Crippen molar-refractivity contribution in [3.8, 4) is 0 Å². The van der Waals surface area contributed by atoms with Gasteiger partial charge in [-0.25, -0.2) is 0 Å². The van der Waals surface area contributed by atoms with Crippen LogP contribution in [0.25, 0.3) is 0 Å². The van der Waals surface area contributed by atoms with Gasteiger partial charge in [0.2, 0.25) is 0 Å². The molecule has 1 fully saturated rings. The van der Waals surface area contributed by atoms with Crippen molar-refractivity contribution in [3.05, 3.63) is 0 Å². The minimum absolute atomic E-state index is 0.228. The Morgan fingerprint density at radius 3 is 2.50 bits per heavy atom. The number of aliphatic hydroxyl groups excluding tert-OH is 1. The fourth-order valence-corrected chi connectivity index (χ4v) is 1.57. The molecule has 0 amide bonds. The average molecular weight is 172 g/mol. The minimum atomic E-state index is -0.265. The summed E-state index contributed by atoms with van der Waals surface area (Å²) < 4.78 is 5.35. The van der Waals surface area contributed by atoms with Crippen LogP contribution < -0.4 is 0 Å². The molecule has 1 aliphatic rings. The molecular formula is C10H20O2. The van der Waals surface area contributed by atoms with E-state index in [0.29, 0.717) is 0 Å². The molecule has 1 unspecified atom stereocenters. The van der Waals surface area contributed by atoms with E-state index in [0.717, 1.165) is 12.8 Å². The second-order valence-electron chi connectivity index (χ2n) is 3.96. The molecule has 1 saturated heterocycles. The van der Waals surface area contributed by atoms with Crippen LogP contribution in [0.1, 0.15) is 46.5 Å². The fraction of sp³-hybridized carbons (Fsp3) is 1.00. The predicted octanol–water partition coefficient (Wildman–Crippen LogP) is 2.10. The molecule has 0 spiro atoms. The summed E-state index contributed by atoms with van der Waals surface area (Å²) >= 11 is 0. The van der Waals surface area contributed by atoms with E-state index in [1.165, 1.54) is 12.8 Å². The van der Waals surface area contributed by atoms with Gasteiger partial charge in [0.25, 0.3) is 0 Å². The molecule has 12 heavy (non-hydrogen) atoms. The van der Waals surface area contributed by atoms with E-state index < -0.39 is 0 Å². The molecule has 2 heteroatoms. The number of epoxide rings is 1. The van der Waals surface area contributed by atoms with Crippen molar-refractivity contribution in [3.63, 3.8) is 0 Å². The van der Waals surface area contributed by atoms with Gasteiger partial charge in [0.05, 0.1) is 12.2 Å². The monoisotopic (exact) mass is 172 g/mol. The summed E-state index contributed by atoms with van der Waals surface area (Å²) in [6.07, 6.45) is 4.40. The average Bonchev–Trinajstić information content (AvgIpc) is 2.62. The van der Waals surface area contributed by atoms with Gasteiger partial charge in [0.15, 0.2) is 0 Å². The summed E-state index contributed by atoms with van der Waals surface area (Å²) in [6.45, 7) is 6.18. The highest BCUT2D eigenvalue weighted by Gasteiger charge is 2.53. The lowest BCUT2D eigenvalue weighted by molar-refractivity contribution is 0.0752. The van der Waals surface area contributed by atoms with E-state index in [4.69, 9.17) is 4.74 Å². The smallest absolute Gasteiger partial charge is 0.117 e. The molecule has 0 bridgehead atoms. The number of ether oxygens (including phenoxy) is 1. The van der Waals surface area contributed by atoms with Crippen LogP contribution in [0.3, 0.4) is 0 Å². The minimum Gasteiger partial charge on any atom is -0.390 e. The van der Waals surface area contributed by atoms with Crippen LogP contribution in [-0.4, -0.2) is 22.9 Å². The first-order valence-corrected chi connectivity index (χ1v) is 4.97. The molecule has 1 N–H and O–H groups in total. The normalized spacial score (nSPS) is 36.5. The lowest BCUT2D eigenvalue weighted by Crippen LogP contribution is -2.28. The van der Waals surface area contributed by atoms with Crippen molar-refractivity contribution in [1.29, 1.82) is 0 Å². The molecule has 72 valence electrons. The fourth-order valence-electron chi connectivity index (χ4n) is 1.57. The molecule has 2 nitrogen and oxygen atoms in total. The first-order chi connectivity index (χ1) is 5.61. The number of hydrogen-bond donors (Lipinski definition) is 1. The predicted molar refractivity (Wildman–Crippen MR) is 49.1 cm³/mol. The van der Waals surface area contributed by atoms with Crippen molar-refractivity contribution in [1.82, 2.24) is 0 Å². The van der Waals surface area contributed by atoms with Gasteiger partial charge in [-0.2, -0.15) is 0 Å². The van der Waals surface area contributed by atoms with E-state index in [1.54, 1.807) is 0 Å². The molecule has 0 aromatic carbocycles. The van der Waals surface area contributed by atoms with Crippen molar-refractivity contribution < 1.29 is 9.84 Å². The third kappa shape index (κ3) is 1.99. The van der Waals surface area contributed by atoms with Gasteiger partial charge in [-0.1, -0.05) is 26.2 Å². The second-order valence-corrected chi connectivity index (χ2v) is 3.96. The van der Waals surface area contributed by atoms with E-state index in [1.807, 2.05) is 13.8 Å². The molecule has 1 aliphatic heterocycles. The van der Waals surface area contributed by atoms with Crippen LogP contribution in [-0.2, 0) is 4.74 Å². The van der Waals surface area contributed by atoms with Gasteiger partial charge in [-0.05, 0) is 20.3 Å². The zero-order valence-electron chi connectivity index (χ0n) is 8.34. The Balaban J connectivity index is 2.16. The van der Waals surface area contributed by atoms with Crippen molar-refractivity contribution >= 4 is 0 Å². The zero-order chi connectivity index (χ0) is 9.19. The zero-order valence-corrected chi connectivity index (χ0v) is 8.34. The highest BCUT2D eigenvalue weighted by molar-refractivity contribution is 5.01. The van der Waals surface area contributed by atoms with Crippen LogP contribution in [0.5, 0.6) is 0 Å². The molecule has 0 aromatic heterocycles. The summed E-state index contributed by atoms with van der Waals surface area (Å²) in [5.41, 5.74) is -0.228. The molecule has 3 atom stereocenters. The van der Waals surface area contributed by atoms with Gasteiger partial charge >= 0.3 is 0 Å². The van der Waals surface area contributed by atoms with E-state index >= 15 is 0 Å². The maximum absolute atomic E-state index is 9.72. The number of rotatable bonds is 5. The van der Waals surface area contributed by atoms with Crippen molar-refractivity contribution in [2.75, 3.05) is 0 Å². The van der Waals surface area contributed by atoms with Gasteiger partial charge in [0, 0.05) is 0 Å². The maximum Gasteiger partial charge on any atom is 0.117 e. The van der Waals surface area contributed by atoms with Crippen LogP contribution >= 0.6 is 0 Å². The Morgan fingerprint density at radius 1 is 1.50 bits per heavy atom. The second kappa shape index (κ2) is 3.75. The molecule has 0 aromatic rings. The molecule has 0 aliphatic carbocycles. The van der Waals surface area contributed by atoms with Crippen LogP contribution in [0.4, 0.5) is 0 Å². The van der Waals surface area contributed by atoms with Gasteiger partial charge in [0.1, 0.15) is 5.60 Å². The van der Waals surface area contributed by atoms with E-state index in [9.17, 15) is 5.11 Å². The maximum atomic E-state index is 9.72. The van der Waals surface area contributed by atoms with Crippen molar-refractivity contribution in [2.45, 2.75) is 64.3 Å². The quantitative estimate of drug-likeness (QED) is 0.509. The standard InChI is InChI=1S/C10H20O2/c1-4-5-6-7-9(11)10(3)8(2)12-10/h8-9,11H,4-7H2,1-3H3/t8-,9?,10-/m1/s1. The van der Waals surface area contributed by atoms with Gasteiger partial charge in [-0.3, -0.25) is 0 Å². The largest absolute Gasteiger partial charge is 0.390 e. The number of hydrogen-bond acceptors (Lipinski definition) is 2. The highest BCUT2D eigenvalue weighted by atomic mass is 16.6. The summed E-state index contributed by atoms with van der Waals surface area (Å²) in [5, 5.41) is 9.72. The lowest BCUT2D eigenvalue weighted by atomic mass is 9.96. The van der Waals surface area contributed by atoms with Crippen LogP contribution in [0.15, 0.2) is 0 Å². The SMILES string of the molecule is CCCCCC(O)[C@]1(C)O[C@@H]1C. The van der Waals surface area contributed by atoms with E-state index in [2.05, 4.69) is 6.92 Å². The topological polar surface area (TPSA) is 32.8 Å². The lowest BCUT2D eigenvalue weighted by Gasteiger charge is -2.14. The molecule has 0 radical (unpaired) electrons. The first-order valence-electron chi connectivity index (χ1n) is 4.97. The third-order valence-corrected chi connectivity index (χ3v) is 2.92. The Bertz CT molecular complexity index is 147. The highest BCUT2D eigenvalue weighted by Crippen LogP contribution is 2.40. The Labute approximate surface area is 74.9 Å². The van der Waals surface area contributed by atoms with Gasteiger partial charge < -0.3 is 9.84 Å². The Kier molecular flexibility index (Phi) is 3.13. The summed E-state index contributed by atoms with van der Waals surface area (Å²) in [7, 11) is 0. The molecule has 1 heterocycles. The summed E-state index contributed by atoms with van der Waals surface area (Å²) in [4.78, 5) is 0. The first kappa shape index (κ1) is 10.0. The summed E-state index contributed by atoms with van der Waals surface area (Å²) in [6, 6.07) is 0. The molecule has 0 saturated carbocycles. The Hall–Kier alpha value is -0.0800. The Morgan fingerprint density at radius 2 is 2.08 bits per heavy atom.